The number of Topliss-reactive ketones (excluding diaryl/α,β-unsaturated/α-hetero) is 1. The van der Waals surface area contributed by atoms with Crippen molar-refractivity contribution in [1.29, 1.82) is 0 Å². The number of rotatable bonds is 5. The second-order valence-corrected chi connectivity index (χ2v) is 8.07. The highest BCUT2D eigenvalue weighted by molar-refractivity contribution is 6.42. The molecule has 2 aromatic rings. The van der Waals surface area contributed by atoms with Crippen LogP contribution in [0.2, 0.25) is 10.0 Å². The first-order valence-corrected chi connectivity index (χ1v) is 10.0. The first kappa shape index (κ1) is 18.5. The number of ketones is 1. The Bertz CT molecular complexity index is 895. The minimum absolute atomic E-state index is 0.0778. The number of allylic oxidation sites excluding steroid dienone is 1. The lowest BCUT2D eigenvalue weighted by Gasteiger charge is -2.28. The predicted molar refractivity (Wildman–Crippen MR) is 107 cm³/mol. The summed E-state index contributed by atoms with van der Waals surface area (Å²) in [5, 5.41) is 4.85. The molecule has 1 fully saturated rings. The summed E-state index contributed by atoms with van der Waals surface area (Å²) >= 11 is 12.1. The Morgan fingerprint density at radius 3 is 2.63 bits per heavy atom. The van der Waals surface area contributed by atoms with Gasteiger partial charge in [0.25, 0.3) is 0 Å². The molecule has 1 saturated carbocycles. The predicted octanol–water partition coefficient (Wildman–Crippen LogP) is 6.25. The van der Waals surface area contributed by atoms with E-state index in [2.05, 4.69) is 11.2 Å². The van der Waals surface area contributed by atoms with E-state index >= 15 is 0 Å². The lowest BCUT2D eigenvalue weighted by molar-refractivity contribution is 0.0938. The van der Waals surface area contributed by atoms with Crippen LogP contribution in [0.4, 0.5) is 0 Å². The standard InChI is InChI=1S/C21H20Cl2N2O2/c22-16-6-5-15(12-17(16)23)19-8-7-18(24-19)14-3-1-13(2-4-14)11-21(26)20-9-10-27-25-20/h5-6,8-10,12-14H,1-4,7,11H2. The van der Waals surface area contributed by atoms with Gasteiger partial charge in [-0.25, -0.2) is 0 Å². The highest BCUT2D eigenvalue weighted by atomic mass is 35.5. The van der Waals surface area contributed by atoms with E-state index in [4.69, 9.17) is 32.7 Å². The van der Waals surface area contributed by atoms with Gasteiger partial charge in [0.05, 0.1) is 15.7 Å². The molecule has 6 heteroatoms. The summed E-state index contributed by atoms with van der Waals surface area (Å²) in [5.74, 6) is 1.00. The van der Waals surface area contributed by atoms with Crippen LogP contribution < -0.4 is 0 Å². The third kappa shape index (κ3) is 4.17. The lowest BCUT2D eigenvalue weighted by atomic mass is 9.77. The molecule has 1 aromatic carbocycles. The Morgan fingerprint density at radius 2 is 1.93 bits per heavy atom. The zero-order valence-corrected chi connectivity index (χ0v) is 16.3. The van der Waals surface area contributed by atoms with Crippen molar-refractivity contribution in [3.8, 4) is 0 Å². The number of carbonyl (C=O) groups is 1. The molecule has 0 bridgehead atoms. The molecule has 0 saturated heterocycles. The van der Waals surface area contributed by atoms with Gasteiger partial charge in [0.15, 0.2) is 5.78 Å². The number of hydrogen-bond donors (Lipinski definition) is 0. The third-order valence-electron chi connectivity index (χ3n) is 5.50. The third-order valence-corrected chi connectivity index (χ3v) is 6.24. The van der Waals surface area contributed by atoms with Crippen molar-refractivity contribution in [1.82, 2.24) is 5.16 Å². The number of hydrogen-bond acceptors (Lipinski definition) is 4. The second-order valence-electron chi connectivity index (χ2n) is 7.26. The Balaban J connectivity index is 1.33. The molecule has 4 nitrogen and oxygen atoms in total. The van der Waals surface area contributed by atoms with Crippen LogP contribution in [-0.4, -0.2) is 16.7 Å². The van der Waals surface area contributed by atoms with Crippen molar-refractivity contribution in [3.05, 3.63) is 57.9 Å². The maximum atomic E-state index is 12.2. The van der Waals surface area contributed by atoms with Crippen molar-refractivity contribution in [3.63, 3.8) is 0 Å². The number of benzene rings is 1. The molecule has 1 aromatic heterocycles. The molecule has 1 aliphatic carbocycles. The summed E-state index contributed by atoms with van der Waals surface area (Å²) in [5.41, 5.74) is 3.67. The Hall–Kier alpha value is -1.91. The zero-order valence-electron chi connectivity index (χ0n) is 14.8. The average molecular weight is 403 g/mol. The van der Waals surface area contributed by atoms with Crippen LogP contribution in [0, 0.1) is 11.8 Å². The monoisotopic (exact) mass is 402 g/mol. The average Bonchev–Trinajstić information content (AvgIpc) is 3.36. The summed E-state index contributed by atoms with van der Waals surface area (Å²) in [7, 11) is 0. The van der Waals surface area contributed by atoms with Crippen molar-refractivity contribution < 1.29 is 9.32 Å². The molecule has 2 heterocycles. The second kappa shape index (κ2) is 7.99. The van der Waals surface area contributed by atoms with Gasteiger partial charge in [0, 0.05) is 30.2 Å². The number of carbonyl (C=O) groups excluding carboxylic acids is 1. The highest BCUT2D eigenvalue weighted by Gasteiger charge is 2.28. The SMILES string of the molecule is O=C(CC1CCC(C2=NC(c3ccc(Cl)c(Cl)c3)=CC2)CC1)c1ccon1. The molecular formula is C21H20Cl2N2O2. The highest BCUT2D eigenvalue weighted by Crippen LogP contribution is 2.36. The fourth-order valence-corrected chi connectivity index (χ4v) is 4.26. The maximum Gasteiger partial charge on any atom is 0.184 e. The van der Waals surface area contributed by atoms with Gasteiger partial charge in [-0.3, -0.25) is 9.79 Å². The van der Waals surface area contributed by atoms with Gasteiger partial charge in [0.2, 0.25) is 0 Å². The van der Waals surface area contributed by atoms with Crippen molar-refractivity contribution >= 4 is 40.4 Å². The van der Waals surface area contributed by atoms with E-state index < -0.39 is 0 Å². The van der Waals surface area contributed by atoms with Crippen LogP contribution in [0.25, 0.3) is 5.70 Å². The Labute approximate surface area is 168 Å². The summed E-state index contributed by atoms with van der Waals surface area (Å²) in [6.45, 7) is 0. The van der Waals surface area contributed by atoms with Gasteiger partial charge in [-0.1, -0.05) is 40.5 Å². The maximum absolute atomic E-state index is 12.2. The molecule has 140 valence electrons. The Kier molecular flexibility index (Phi) is 5.46. The van der Waals surface area contributed by atoms with E-state index in [9.17, 15) is 4.79 Å². The van der Waals surface area contributed by atoms with Crippen molar-refractivity contribution in [2.24, 2.45) is 16.8 Å². The fraction of sp³-hybridized carbons (Fsp3) is 0.381. The zero-order chi connectivity index (χ0) is 18.8. The molecule has 2 aliphatic rings. The molecule has 0 amide bonds. The quantitative estimate of drug-likeness (QED) is 0.555. The molecule has 0 atom stereocenters. The summed E-state index contributed by atoms with van der Waals surface area (Å²) in [6, 6.07) is 7.27. The van der Waals surface area contributed by atoms with Crippen LogP contribution in [-0.2, 0) is 0 Å². The normalized spacial score (nSPS) is 22.4. The Morgan fingerprint density at radius 1 is 1.11 bits per heavy atom. The molecule has 0 spiro atoms. The molecule has 0 unspecified atom stereocenters. The fourth-order valence-electron chi connectivity index (χ4n) is 3.97. The molecule has 1 aliphatic heterocycles. The van der Waals surface area contributed by atoms with E-state index in [0.717, 1.165) is 43.4 Å². The van der Waals surface area contributed by atoms with Crippen molar-refractivity contribution in [2.75, 3.05) is 0 Å². The topological polar surface area (TPSA) is 55.5 Å². The first-order valence-electron chi connectivity index (χ1n) is 9.27. The van der Waals surface area contributed by atoms with Crippen LogP contribution >= 0.6 is 23.2 Å². The van der Waals surface area contributed by atoms with E-state index in [-0.39, 0.29) is 5.78 Å². The van der Waals surface area contributed by atoms with E-state index in [1.807, 2.05) is 18.2 Å². The van der Waals surface area contributed by atoms with Gasteiger partial charge in [-0.2, -0.15) is 0 Å². The van der Waals surface area contributed by atoms with E-state index in [0.29, 0.717) is 34.0 Å². The minimum atomic E-state index is 0.0778. The van der Waals surface area contributed by atoms with Gasteiger partial charge in [-0.05, 0) is 49.7 Å². The van der Waals surface area contributed by atoms with E-state index in [1.165, 1.54) is 12.0 Å². The summed E-state index contributed by atoms with van der Waals surface area (Å²) < 4.78 is 4.76. The van der Waals surface area contributed by atoms with Gasteiger partial charge in [-0.15, -0.1) is 0 Å². The number of aromatic nitrogens is 1. The number of aliphatic imine (C=N–C) groups is 1. The number of halogens is 2. The largest absolute Gasteiger partial charge is 0.364 e. The van der Waals surface area contributed by atoms with Crippen LogP contribution in [0.5, 0.6) is 0 Å². The minimum Gasteiger partial charge on any atom is -0.364 e. The van der Waals surface area contributed by atoms with Crippen LogP contribution in [0.1, 0.15) is 54.6 Å². The van der Waals surface area contributed by atoms with Crippen molar-refractivity contribution in [2.45, 2.75) is 38.5 Å². The van der Waals surface area contributed by atoms with Gasteiger partial charge >= 0.3 is 0 Å². The van der Waals surface area contributed by atoms with Gasteiger partial charge < -0.3 is 4.52 Å². The molecular weight excluding hydrogens is 383 g/mol. The molecule has 27 heavy (non-hydrogen) atoms. The summed E-state index contributed by atoms with van der Waals surface area (Å²) in [6.07, 6.45) is 9.32. The molecule has 0 N–H and O–H groups in total. The lowest BCUT2D eigenvalue weighted by Crippen LogP contribution is -2.22. The smallest absolute Gasteiger partial charge is 0.184 e. The first-order chi connectivity index (χ1) is 13.1. The summed E-state index contributed by atoms with van der Waals surface area (Å²) in [4.78, 5) is 17.1. The van der Waals surface area contributed by atoms with E-state index in [1.54, 1.807) is 6.07 Å². The van der Waals surface area contributed by atoms with Crippen LogP contribution in [0.3, 0.4) is 0 Å². The molecule has 0 radical (unpaired) electrons. The molecule has 4 rings (SSSR count). The number of nitrogens with zero attached hydrogens (tertiary/aromatic N) is 2. The van der Waals surface area contributed by atoms with Crippen LogP contribution in [0.15, 0.2) is 46.1 Å². The van der Waals surface area contributed by atoms with Gasteiger partial charge in [0.1, 0.15) is 12.0 Å².